The fourth-order valence-corrected chi connectivity index (χ4v) is 4.67. The smallest absolute Gasteiger partial charge is 0.225 e. The van der Waals surface area contributed by atoms with Gasteiger partial charge in [-0.3, -0.25) is 4.79 Å². The molecule has 0 bridgehead atoms. The molecule has 0 saturated carbocycles. The van der Waals surface area contributed by atoms with Gasteiger partial charge in [0.15, 0.2) is 0 Å². The van der Waals surface area contributed by atoms with E-state index in [0.717, 1.165) is 11.3 Å². The van der Waals surface area contributed by atoms with Crippen LogP contribution in [0.2, 0.25) is 0 Å². The molecule has 3 heterocycles. The van der Waals surface area contributed by atoms with Gasteiger partial charge in [0.25, 0.3) is 0 Å². The lowest BCUT2D eigenvalue weighted by atomic mass is 9.79. The molecular formula is C21H18N4OS. The zero-order valence-electron chi connectivity index (χ0n) is 14.5. The first-order valence-electron chi connectivity index (χ1n) is 8.97. The lowest BCUT2D eigenvalue weighted by Crippen LogP contribution is -2.38. The van der Waals surface area contributed by atoms with Gasteiger partial charge in [0.1, 0.15) is 12.1 Å². The molecule has 0 amide bonds. The van der Waals surface area contributed by atoms with Gasteiger partial charge in [0.2, 0.25) is 5.95 Å². The Labute approximate surface area is 161 Å². The first kappa shape index (κ1) is 16.2. The number of hydrogen-bond acceptors (Lipinski definition) is 5. The van der Waals surface area contributed by atoms with Crippen LogP contribution in [0.3, 0.4) is 0 Å². The van der Waals surface area contributed by atoms with Crippen LogP contribution in [0, 0.1) is 5.92 Å². The van der Waals surface area contributed by atoms with Gasteiger partial charge in [0.05, 0.1) is 12.0 Å². The van der Waals surface area contributed by atoms with Crippen LogP contribution in [0.15, 0.2) is 72.0 Å². The second kappa shape index (κ2) is 6.63. The molecule has 27 heavy (non-hydrogen) atoms. The second-order valence-electron chi connectivity index (χ2n) is 6.81. The van der Waals surface area contributed by atoms with Gasteiger partial charge < -0.3 is 5.32 Å². The van der Waals surface area contributed by atoms with Crippen molar-refractivity contribution in [2.45, 2.75) is 18.4 Å². The lowest BCUT2D eigenvalue weighted by molar-refractivity contribution is -0.123. The molecule has 0 fully saturated rings. The molecule has 5 rings (SSSR count). The van der Waals surface area contributed by atoms with E-state index in [1.165, 1.54) is 11.2 Å². The van der Waals surface area contributed by atoms with Crippen LogP contribution in [-0.4, -0.2) is 20.5 Å². The number of ketones is 1. The monoisotopic (exact) mass is 374 g/mol. The van der Waals surface area contributed by atoms with Crippen LogP contribution in [-0.2, 0) is 4.79 Å². The fourth-order valence-electron chi connectivity index (χ4n) is 3.87. The Bertz CT molecular complexity index is 1020. The summed E-state index contributed by atoms with van der Waals surface area (Å²) in [6.07, 6.45) is 8.37. The largest absolute Gasteiger partial charge is 0.328 e. The van der Waals surface area contributed by atoms with E-state index >= 15 is 0 Å². The van der Waals surface area contributed by atoms with Gasteiger partial charge in [-0.15, -0.1) is 11.3 Å². The van der Waals surface area contributed by atoms with Crippen molar-refractivity contribution in [1.29, 1.82) is 0 Å². The number of fused-ring (bicyclic) bond motifs is 2. The molecule has 1 aliphatic heterocycles. The normalized spacial score (nSPS) is 24.2. The van der Waals surface area contributed by atoms with E-state index in [2.05, 4.69) is 45.1 Å². The van der Waals surface area contributed by atoms with Crippen molar-refractivity contribution < 1.29 is 4.79 Å². The molecule has 0 radical (unpaired) electrons. The van der Waals surface area contributed by atoms with Crippen LogP contribution < -0.4 is 5.32 Å². The lowest BCUT2D eigenvalue weighted by Gasteiger charge is -2.36. The van der Waals surface area contributed by atoms with Crippen LogP contribution in [0.25, 0.3) is 6.08 Å². The molecule has 1 aliphatic carbocycles. The predicted octanol–water partition coefficient (Wildman–Crippen LogP) is 4.28. The Morgan fingerprint density at radius 1 is 1.19 bits per heavy atom. The van der Waals surface area contributed by atoms with E-state index in [4.69, 9.17) is 0 Å². The Kier molecular flexibility index (Phi) is 3.98. The number of thiophene rings is 1. The predicted molar refractivity (Wildman–Crippen MR) is 106 cm³/mol. The molecule has 3 aromatic rings. The number of rotatable bonds is 3. The van der Waals surface area contributed by atoms with E-state index in [-0.39, 0.29) is 23.7 Å². The van der Waals surface area contributed by atoms with E-state index in [1.54, 1.807) is 11.3 Å². The van der Waals surface area contributed by atoms with E-state index in [0.29, 0.717) is 12.4 Å². The number of benzene rings is 1. The average Bonchev–Trinajstić information content (AvgIpc) is 3.37. The second-order valence-corrected chi connectivity index (χ2v) is 7.78. The number of anilines is 1. The number of hydrogen-bond donors (Lipinski definition) is 1. The molecule has 1 aromatic carbocycles. The molecule has 0 saturated heterocycles. The van der Waals surface area contributed by atoms with Crippen molar-refractivity contribution in [1.82, 2.24) is 14.8 Å². The highest BCUT2D eigenvalue weighted by Crippen LogP contribution is 2.42. The maximum absolute atomic E-state index is 13.1. The SMILES string of the molecule is O=C1CC(c2cccs2)C=C2Nc3ncnn3C(C=Cc3ccccc3)C12. The number of Topliss-reactive ketones (excluding diaryl/α,β-unsaturated/α-hetero) is 1. The third-order valence-electron chi connectivity index (χ3n) is 5.13. The summed E-state index contributed by atoms with van der Waals surface area (Å²) >= 11 is 1.69. The number of nitrogens with one attached hydrogen (secondary N) is 1. The molecule has 5 nitrogen and oxygen atoms in total. The van der Waals surface area contributed by atoms with Gasteiger partial charge >= 0.3 is 0 Å². The zero-order valence-corrected chi connectivity index (χ0v) is 15.3. The summed E-state index contributed by atoms with van der Waals surface area (Å²) < 4.78 is 1.81. The maximum Gasteiger partial charge on any atom is 0.225 e. The standard InChI is InChI=1S/C21H18N4OS/c26-18-12-15(19-7-4-10-27-19)11-16-20(18)17(25-21(24-16)22-13-23-25)9-8-14-5-2-1-3-6-14/h1-11,13,15,17,20H,12H2,(H,22,23,24). The van der Waals surface area contributed by atoms with Crippen LogP contribution in [0.1, 0.15) is 28.8 Å². The maximum atomic E-state index is 13.1. The van der Waals surface area contributed by atoms with Crippen molar-refractivity contribution in [2.24, 2.45) is 5.92 Å². The topological polar surface area (TPSA) is 59.8 Å². The Morgan fingerprint density at radius 2 is 2.07 bits per heavy atom. The third kappa shape index (κ3) is 2.92. The highest BCUT2D eigenvalue weighted by molar-refractivity contribution is 7.10. The van der Waals surface area contributed by atoms with Crippen LogP contribution in [0.4, 0.5) is 5.95 Å². The van der Waals surface area contributed by atoms with Crippen LogP contribution >= 0.6 is 11.3 Å². The summed E-state index contributed by atoms with van der Waals surface area (Å²) in [6.45, 7) is 0. The van der Waals surface area contributed by atoms with Crippen molar-refractivity contribution >= 4 is 29.1 Å². The van der Waals surface area contributed by atoms with Gasteiger partial charge in [-0.25, -0.2) is 4.68 Å². The summed E-state index contributed by atoms with van der Waals surface area (Å²) in [6, 6.07) is 14.1. The molecule has 0 spiro atoms. The number of carbonyl (C=O) groups excluding carboxylic acids is 1. The summed E-state index contributed by atoms with van der Waals surface area (Å²) in [5, 5.41) is 9.75. The minimum absolute atomic E-state index is 0.129. The molecule has 3 unspecified atom stereocenters. The number of carbonyl (C=O) groups is 1. The first-order valence-corrected chi connectivity index (χ1v) is 9.85. The Morgan fingerprint density at radius 3 is 2.89 bits per heavy atom. The van der Waals surface area contributed by atoms with Crippen LogP contribution in [0.5, 0.6) is 0 Å². The summed E-state index contributed by atoms with van der Waals surface area (Å²) in [7, 11) is 0. The van der Waals surface area contributed by atoms with Crippen molar-refractivity contribution in [2.75, 3.05) is 5.32 Å². The van der Waals surface area contributed by atoms with Crippen molar-refractivity contribution in [3.05, 3.63) is 82.5 Å². The number of allylic oxidation sites excluding steroid dienone is 3. The van der Waals surface area contributed by atoms with Gasteiger partial charge in [-0.2, -0.15) is 10.1 Å². The summed E-state index contributed by atoms with van der Waals surface area (Å²) in [5.74, 6) is 0.793. The summed E-state index contributed by atoms with van der Waals surface area (Å²) in [4.78, 5) is 18.7. The first-order chi connectivity index (χ1) is 13.3. The zero-order chi connectivity index (χ0) is 18.2. The minimum atomic E-state index is -0.254. The molecule has 2 aromatic heterocycles. The fraction of sp³-hybridized carbons (Fsp3) is 0.190. The van der Waals surface area contributed by atoms with Gasteiger partial charge in [-0.05, 0) is 17.0 Å². The average molecular weight is 374 g/mol. The van der Waals surface area contributed by atoms with Crippen molar-refractivity contribution in [3.63, 3.8) is 0 Å². The molecular weight excluding hydrogens is 356 g/mol. The quantitative estimate of drug-likeness (QED) is 0.743. The van der Waals surface area contributed by atoms with Gasteiger partial charge in [-0.1, -0.05) is 54.6 Å². The molecule has 134 valence electrons. The number of nitrogens with zero attached hydrogens (tertiary/aromatic N) is 3. The molecule has 2 aliphatic rings. The number of aromatic nitrogens is 3. The third-order valence-corrected chi connectivity index (χ3v) is 6.14. The highest BCUT2D eigenvalue weighted by Gasteiger charge is 2.41. The Hall–Kier alpha value is -2.99. The minimum Gasteiger partial charge on any atom is -0.328 e. The van der Waals surface area contributed by atoms with Crippen molar-refractivity contribution in [3.8, 4) is 0 Å². The Balaban J connectivity index is 1.54. The van der Waals surface area contributed by atoms with E-state index in [9.17, 15) is 4.79 Å². The van der Waals surface area contributed by atoms with Gasteiger partial charge in [0, 0.05) is 22.9 Å². The van der Waals surface area contributed by atoms with E-state index < -0.39 is 0 Å². The molecule has 1 N–H and O–H groups in total. The summed E-state index contributed by atoms with van der Waals surface area (Å²) in [5.41, 5.74) is 2.04. The van der Waals surface area contributed by atoms with E-state index in [1.807, 2.05) is 41.1 Å². The molecule has 6 heteroatoms. The molecule has 3 atom stereocenters. The highest BCUT2D eigenvalue weighted by atomic mass is 32.1.